The largest absolute Gasteiger partial charge is 0.490 e. The number of rotatable bonds is 8. The van der Waals surface area contributed by atoms with Gasteiger partial charge in [0.15, 0.2) is 23.9 Å². The van der Waals surface area contributed by atoms with Gasteiger partial charge in [0.1, 0.15) is 0 Å². The molecule has 0 radical (unpaired) electrons. The first kappa shape index (κ1) is 19.2. The second-order valence-electron chi connectivity index (χ2n) is 5.78. The average molecular weight is 353 g/mol. The molecule has 0 saturated heterocycles. The van der Waals surface area contributed by atoms with Gasteiger partial charge in [0.25, 0.3) is 5.91 Å². The molecule has 0 N–H and O–H groups in total. The van der Waals surface area contributed by atoms with E-state index in [1.807, 2.05) is 31.2 Å². The van der Waals surface area contributed by atoms with Crippen LogP contribution in [0.1, 0.15) is 22.8 Å². The minimum atomic E-state index is -0.134. The van der Waals surface area contributed by atoms with Gasteiger partial charge in [-0.05, 0) is 30.7 Å². The number of amides is 1. The number of likely N-dealkylation sites (N-methyl/N-ethyl adjacent to an activating group) is 1. The number of carbonyl (C=O) groups excluding carboxylic acids is 2. The van der Waals surface area contributed by atoms with E-state index in [2.05, 4.69) is 0 Å². The normalized spacial score (nSPS) is 10.6. The van der Waals surface area contributed by atoms with Crippen molar-refractivity contribution < 1.29 is 19.1 Å². The van der Waals surface area contributed by atoms with Gasteiger partial charge in [-0.15, -0.1) is 0 Å². The van der Waals surface area contributed by atoms with E-state index in [4.69, 9.17) is 9.47 Å². The molecule has 0 aromatic heterocycles. The predicted molar refractivity (Wildman–Crippen MR) is 102 cm³/mol. The number of hydrogen-bond donors (Lipinski definition) is 0. The molecular weight excluding hydrogens is 330 g/mol. The standard InChI is InChI=1S/C21H23NO4/c1-4-25-20-14-16(10-12-18(23)17-8-6-5-7-9-17)11-13-19(20)26-15-21(24)22(2)3/h5-14H,4,15H2,1-3H3/b12-10+. The van der Waals surface area contributed by atoms with Crippen LogP contribution in [0.4, 0.5) is 0 Å². The molecule has 0 aliphatic carbocycles. The summed E-state index contributed by atoms with van der Waals surface area (Å²) in [4.78, 5) is 25.3. The molecule has 136 valence electrons. The molecule has 0 saturated carbocycles. The third kappa shape index (κ3) is 5.48. The van der Waals surface area contributed by atoms with E-state index >= 15 is 0 Å². The summed E-state index contributed by atoms with van der Waals surface area (Å²) in [5.74, 6) is 0.826. The van der Waals surface area contributed by atoms with Crippen LogP contribution in [0.2, 0.25) is 0 Å². The molecule has 2 aromatic rings. The smallest absolute Gasteiger partial charge is 0.259 e. The zero-order valence-corrected chi connectivity index (χ0v) is 15.3. The van der Waals surface area contributed by atoms with Crippen molar-refractivity contribution in [3.05, 3.63) is 65.7 Å². The SMILES string of the molecule is CCOc1cc(/C=C/C(=O)c2ccccc2)ccc1OCC(=O)N(C)C. The summed E-state index contributed by atoms with van der Waals surface area (Å²) in [6.07, 6.45) is 3.25. The molecule has 5 heteroatoms. The molecule has 0 unspecified atom stereocenters. The quantitative estimate of drug-likeness (QED) is 0.539. The summed E-state index contributed by atoms with van der Waals surface area (Å²) in [5, 5.41) is 0. The molecule has 1 amide bonds. The van der Waals surface area contributed by atoms with Gasteiger partial charge in [-0.25, -0.2) is 0 Å². The lowest BCUT2D eigenvalue weighted by molar-refractivity contribution is -0.130. The van der Waals surface area contributed by atoms with Crippen molar-refractivity contribution >= 4 is 17.8 Å². The van der Waals surface area contributed by atoms with Crippen molar-refractivity contribution in [1.29, 1.82) is 0 Å². The molecule has 0 heterocycles. The van der Waals surface area contributed by atoms with Gasteiger partial charge in [0.05, 0.1) is 6.61 Å². The van der Waals surface area contributed by atoms with Crippen LogP contribution in [0.3, 0.4) is 0 Å². The van der Waals surface area contributed by atoms with Gasteiger partial charge in [-0.2, -0.15) is 0 Å². The number of hydrogen-bond acceptors (Lipinski definition) is 4. The summed E-state index contributed by atoms with van der Waals surface area (Å²) in [7, 11) is 3.35. The van der Waals surface area contributed by atoms with Crippen LogP contribution in [0, 0.1) is 0 Å². The van der Waals surface area contributed by atoms with Crippen LogP contribution in [0.25, 0.3) is 6.08 Å². The molecule has 0 aliphatic heterocycles. The van der Waals surface area contributed by atoms with Crippen LogP contribution >= 0.6 is 0 Å². The fourth-order valence-electron chi connectivity index (χ4n) is 2.16. The van der Waals surface area contributed by atoms with E-state index < -0.39 is 0 Å². The van der Waals surface area contributed by atoms with Crippen molar-refractivity contribution in [2.45, 2.75) is 6.92 Å². The van der Waals surface area contributed by atoms with Crippen molar-refractivity contribution in [3.8, 4) is 11.5 Å². The Hall–Kier alpha value is -3.08. The van der Waals surface area contributed by atoms with Crippen molar-refractivity contribution in [2.24, 2.45) is 0 Å². The molecule has 0 atom stereocenters. The van der Waals surface area contributed by atoms with Crippen molar-refractivity contribution in [3.63, 3.8) is 0 Å². The number of ether oxygens (including phenoxy) is 2. The fourth-order valence-corrected chi connectivity index (χ4v) is 2.16. The van der Waals surface area contributed by atoms with Gasteiger partial charge < -0.3 is 14.4 Å². The van der Waals surface area contributed by atoms with Gasteiger partial charge in [0.2, 0.25) is 0 Å². The lowest BCUT2D eigenvalue weighted by Gasteiger charge is -2.14. The first-order valence-corrected chi connectivity index (χ1v) is 8.38. The lowest BCUT2D eigenvalue weighted by Crippen LogP contribution is -2.27. The van der Waals surface area contributed by atoms with Gasteiger partial charge >= 0.3 is 0 Å². The topological polar surface area (TPSA) is 55.8 Å². The Morgan fingerprint density at radius 3 is 2.38 bits per heavy atom. The van der Waals surface area contributed by atoms with E-state index in [0.29, 0.717) is 23.7 Å². The Kier molecular flexibility index (Phi) is 6.97. The number of nitrogens with zero attached hydrogens (tertiary/aromatic N) is 1. The van der Waals surface area contributed by atoms with Crippen LogP contribution in [0.5, 0.6) is 11.5 Å². The second kappa shape index (κ2) is 9.42. The highest BCUT2D eigenvalue weighted by Gasteiger charge is 2.10. The molecule has 2 rings (SSSR count). The second-order valence-corrected chi connectivity index (χ2v) is 5.78. The highest BCUT2D eigenvalue weighted by atomic mass is 16.5. The van der Waals surface area contributed by atoms with Crippen LogP contribution in [0.15, 0.2) is 54.6 Å². The van der Waals surface area contributed by atoms with Gasteiger partial charge in [-0.1, -0.05) is 42.5 Å². The van der Waals surface area contributed by atoms with Crippen molar-refractivity contribution in [2.75, 3.05) is 27.3 Å². The Morgan fingerprint density at radius 1 is 1.00 bits per heavy atom. The Bertz CT molecular complexity index is 782. The van der Waals surface area contributed by atoms with Gasteiger partial charge in [0, 0.05) is 19.7 Å². The molecule has 26 heavy (non-hydrogen) atoms. The Labute approximate surface area is 153 Å². The molecule has 0 spiro atoms. The van der Waals surface area contributed by atoms with Crippen molar-refractivity contribution in [1.82, 2.24) is 4.90 Å². The Morgan fingerprint density at radius 2 is 1.73 bits per heavy atom. The van der Waals surface area contributed by atoms with Crippen LogP contribution in [-0.4, -0.2) is 43.9 Å². The maximum Gasteiger partial charge on any atom is 0.259 e. The third-order valence-electron chi connectivity index (χ3n) is 3.60. The summed E-state index contributed by atoms with van der Waals surface area (Å²) in [6, 6.07) is 14.4. The number of carbonyl (C=O) groups is 2. The van der Waals surface area contributed by atoms with E-state index in [0.717, 1.165) is 5.56 Å². The first-order chi connectivity index (χ1) is 12.5. The minimum Gasteiger partial charge on any atom is -0.490 e. The highest BCUT2D eigenvalue weighted by Crippen LogP contribution is 2.29. The Balaban J connectivity index is 2.12. The average Bonchev–Trinajstić information content (AvgIpc) is 2.65. The van der Waals surface area contributed by atoms with E-state index in [1.54, 1.807) is 44.4 Å². The van der Waals surface area contributed by atoms with Crippen LogP contribution in [-0.2, 0) is 4.79 Å². The number of allylic oxidation sites excluding steroid dienone is 1. The minimum absolute atomic E-state index is 0.0608. The first-order valence-electron chi connectivity index (χ1n) is 8.38. The third-order valence-corrected chi connectivity index (χ3v) is 3.60. The number of ketones is 1. The number of benzene rings is 2. The maximum atomic E-state index is 12.2. The zero-order valence-electron chi connectivity index (χ0n) is 15.3. The van der Waals surface area contributed by atoms with E-state index in [1.165, 1.54) is 11.0 Å². The fraction of sp³-hybridized carbons (Fsp3) is 0.238. The molecule has 0 bridgehead atoms. The molecule has 0 aliphatic rings. The van der Waals surface area contributed by atoms with Gasteiger partial charge in [-0.3, -0.25) is 9.59 Å². The highest BCUT2D eigenvalue weighted by molar-refractivity contribution is 6.06. The van der Waals surface area contributed by atoms with Crippen LogP contribution < -0.4 is 9.47 Å². The zero-order chi connectivity index (χ0) is 18.9. The lowest BCUT2D eigenvalue weighted by atomic mass is 10.1. The molecule has 0 fully saturated rings. The van der Waals surface area contributed by atoms with E-state index in [-0.39, 0.29) is 18.3 Å². The summed E-state index contributed by atoms with van der Waals surface area (Å²) in [6.45, 7) is 2.28. The molecule has 2 aromatic carbocycles. The summed E-state index contributed by atoms with van der Waals surface area (Å²) in [5.41, 5.74) is 1.44. The molecular formula is C21H23NO4. The summed E-state index contributed by atoms with van der Waals surface area (Å²) >= 11 is 0. The monoisotopic (exact) mass is 353 g/mol. The predicted octanol–water partition coefficient (Wildman–Crippen LogP) is 3.45. The summed E-state index contributed by atoms with van der Waals surface area (Å²) < 4.78 is 11.1. The molecule has 5 nitrogen and oxygen atoms in total. The maximum absolute atomic E-state index is 12.2. The van der Waals surface area contributed by atoms with E-state index in [9.17, 15) is 9.59 Å².